The van der Waals surface area contributed by atoms with Gasteiger partial charge in [-0.05, 0) is 20.3 Å². The fraction of sp³-hybridized carbons (Fsp3) is 1.00. The zero-order valence-corrected chi connectivity index (χ0v) is 9.10. The number of epoxide rings is 1. The molecule has 0 aromatic rings. The SMILES string of the molecule is CCOC(OCC)[C@@H]1O[C@@H]1[C@@H](O)CC. The maximum absolute atomic E-state index is 9.52. The second-order valence-corrected chi connectivity index (χ2v) is 3.32. The Morgan fingerprint density at radius 3 is 2.14 bits per heavy atom. The first-order chi connectivity index (χ1) is 6.74. The maximum Gasteiger partial charge on any atom is 0.186 e. The first-order valence-electron chi connectivity index (χ1n) is 5.31. The van der Waals surface area contributed by atoms with E-state index >= 15 is 0 Å². The summed E-state index contributed by atoms with van der Waals surface area (Å²) in [6.45, 7) is 6.96. The van der Waals surface area contributed by atoms with Crippen LogP contribution in [0.4, 0.5) is 0 Å². The topological polar surface area (TPSA) is 51.2 Å². The van der Waals surface area contributed by atoms with Crippen LogP contribution in [-0.2, 0) is 14.2 Å². The highest BCUT2D eigenvalue weighted by atomic mass is 16.7. The molecule has 3 atom stereocenters. The largest absolute Gasteiger partial charge is 0.390 e. The van der Waals surface area contributed by atoms with Crippen molar-refractivity contribution in [3.05, 3.63) is 0 Å². The highest BCUT2D eigenvalue weighted by Gasteiger charge is 2.49. The summed E-state index contributed by atoms with van der Waals surface area (Å²) >= 11 is 0. The minimum Gasteiger partial charge on any atom is -0.390 e. The van der Waals surface area contributed by atoms with Gasteiger partial charge in [0.2, 0.25) is 0 Å². The van der Waals surface area contributed by atoms with E-state index in [2.05, 4.69) is 0 Å². The molecule has 0 spiro atoms. The van der Waals surface area contributed by atoms with Crippen molar-refractivity contribution in [3.8, 4) is 0 Å². The van der Waals surface area contributed by atoms with Crippen LogP contribution in [0, 0.1) is 0 Å². The van der Waals surface area contributed by atoms with Crippen molar-refractivity contribution in [2.24, 2.45) is 0 Å². The third-order valence-corrected chi connectivity index (χ3v) is 2.29. The summed E-state index contributed by atoms with van der Waals surface area (Å²) in [5.41, 5.74) is 0. The van der Waals surface area contributed by atoms with Gasteiger partial charge in [-0.15, -0.1) is 0 Å². The number of aliphatic hydroxyl groups excluding tert-OH is 1. The minimum atomic E-state index is -0.400. The molecular weight excluding hydrogens is 184 g/mol. The van der Waals surface area contributed by atoms with Crippen LogP contribution in [0.25, 0.3) is 0 Å². The Hall–Kier alpha value is -0.160. The molecule has 0 aromatic heterocycles. The molecule has 1 rings (SSSR count). The molecule has 1 fully saturated rings. The predicted molar refractivity (Wildman–Crippen MR) is 52.0 cm³/mol. The first-order valence-corrected chi connectivity index (χ1v) is 5.31. The Balaban J connectivity index is 2.32. The molecule has 84 valence electrons. The van der Waals surface area contributed by atoms with Crippen LogP contribution in [-0.4, -0.2) is 42.9 Å². The van der Waals surface area contributed by atoms with Crippen molar-refractivity contribution in [2.75, 3.05) is 13.2 Å². The molecule has 4 heteroatoms. The summed E-state index contributed by atoms with van der Waals surface area (Å²) in [5.74, 6) is 0. The van der Waals surface area contributed by atoms with Gasteiger partial charge in [0, 0.05) is 13.2 Å². The van der Waals surface area contributed by atoms with Gasteiger partial charge >= 0.3 is 0 Å². The number of ether oxygens (including phenoxy) is 3. The molecule has 1 saturated heterocycles. The van der Waals surface area contributed by atoms with E-state index in [-0.39, 0.29) is 18.5 Å². The lowest BCUT2D eigenvalue weighted by Gasteiger charge is -2.14. The van der Waals surface area contributed by atoms with E-state index in [9.17, 15) is 5.11 Å². The van der Waals surface area contributed by atoms with Gasteiger partial charge in [-0.3, -0.25) is 0 Å². The van der Waals surface area contributed by atoms with E-state index in [1.807, 2.05) is 20.8 Å². The van der Waals surface area contributed by atoms with E-state index in [1.165, 1.54) is 0 Å². The van der Waals surface area contributed by atoms with Crippen LogP contribution in [0.3, 0.4) is 0 Å². The molecular formula is C10H20O4. The van der Waals surface area contributed by atoms with Crippen molar-refractivity contribution < 1.29 is 19.3 Å². The predicted octanol–water partition coefficient (Wildman–Crippen LogP) is 0.924. The van der Waals surface area contributed by atoms with Crippen molar-refractivity contribution in [1.82, 2.24) is 0 Å². The Labute approximate surface area is 85.2 Å². The lowest BCUT2D eigenvalue weighted by molar-refractivity contribution is -0.147. The van der Waals surface area contributed by atoms with E-state index < -0.39 is 6.10 Å². The molecule has 1 heterocycles. The number of hydrogen-bond acceptors (Lipinski definition) is 4. The highest BCUT2D eigenvalue weighted by molar-refractivity contribution is 4.92. The monoisotopic (exact) mass is 204 g/mol. The van der Waals surface area contributed by atoms with Crippen LogP contribution < -0.4 is 0 Å². The zero-order chi connectivity index (χ0) is 10.6. The zero-order valence-electron chi connectivity index (χ0n) is 9.10. The van der Waals surface area contributed by atoms with Gasteiger partial charge < -0.3 is 19.3 Å². The number of hydrogen-bond donors (Lipinski definition) is 1. The van der Waals surface area contributed by atoms with Crippen LogP contribution in [0.5, 0.6) is 0 Å². The quantitative estimate of drug-likeness (QED) is 0.495. The van der Waals surface area contributed by atoms with Crippen LogP contribution in [0.2, 0.25) is 0 Å². The van der Waals surface area contributed by atoms with Crippen LogP contribution in [0.1, 0.15) is 27.2 Å². The summed E-state index contributed by atoms with van der Waals surface area (Å²) in [6, 6.07) is 0. The molecule has 0 unspecified atom stereocenters. The van der Waals surface area contributed by atoms with Crippen molar-refractivity contribution in [1.29, 1.82) is 0 Å². The van der Waals surface area contributed by atoms with Gasteiger partial charge in [0.05, 0.1) is 6.10 Å². The molecule has 14 heavy (non-hydrogen) atoms. The van der Waals surface area contributed by atoms with Gasteiger partial charge in [0.25, 0.3) is 0 Å². The summed E-state index contributed by atoms with van der Waals surface area (Å²) in [5, 5.41) is 9.52. The summed E-state index contributed by atoms with van der Waals surface area (Å²) in [6.07, 6.45) is -0.223. The van der Waals surface area contributed by atoms with Gasteiger partial charge in [0.1, 0.15) is 12.2 Å². The first kappa shape index (κ1) is 11.9. The summed E-state index contributed by atoms with van der Waals surface area (Å²) in [7, 11) is 0. The summed E-state index contributed by atoms with van der Waals surface area (Å²) in [4.78, 5) is 0. The lowest BCUT2D eigenvalue weighted by Crippen LogP contribution is -2.28. The third kappa shape index (κ3) is 2.92. The fourth-order valence-electron chi connectivity index (χ4n) is 1.46. The Bertz CT molecular complexity index is 156. The molecule has 0 amide bonds. The van der Waals surface area contributed by atoms with E-state index in [0.717, 1.165) is 0 Å². The van der Waals surface area contributed by atoms with Crippen molar-refractivity contribution >= 4 is 0 Å². The standard InChI is InChI=1S/C10H20O4/c1-4-7(11)8-9(14-8)10(12-5-2)13-6-3/h7-11H,4-6H2,1-3H3/t7-,8+,9+/m0/s1. The Morgan fingerprint density at radius 1 is 1.14 bits per heavy atom. The normalized spacial score (nSPS) is 28.1. The number of aliphatic hydroxyl groups is 1. The average Bonchev–Trinajstić information content (AvgIpc) is 2.96. The molecule has 1 aliphatic heterocycles. The van der Waals surface area contributed by atoms with E-state index in [1.54, 1.807) is 0 Å². The fourth-order valence-corrected chi connectivity index (χ4v) is 1.46. The molecule has 4 nitrogen and oxygen atoms in total. The molecule has 0 aliphatic carbocycles. The summed E-state index contributed by atoms with van der Waals surface area (Å²) < 4.78 is 16.1. The third-order valence-electron chi connectivity index (χ3n) is 2.29. The molecule has 0 radical (unpaired) electrons. The minimum absolute atomic E-state index is 0.0927. The van der Waals surface area contributed by atoms with Crippen molar-refractivity contribution in [3.63, 3.8) is 0 Å². The van der Waals surface area contributed by atoms with Gasteiger partial charge in [-0.2, -0.15) is 0 Å². The molecule has 1 aliphatic rings. The van der Waals surface area contributed by atoms with Crippen LogP contribution in [0.15, 0.2) is 0 Å². The highest BCUT2D eigenvalue weighted by Crippen LogP contribution is 2.31. The molecule has 0 bridgehead atoms. The molecule has 0 aromatic carbocycles. The second-order valence-electron chi connectivity index (χ2n) is 3.32. The molecule has 1 N–H and O–H groups in total. The van der Waals surface area contributed by atoms with Gasteiger partial charge in [-0.25, -0.2) is 0 Å². The lowest BCUT2D eigenvalue weighted by atomic mass is 10.1. The Morgan fingerprint density at radius 2 is 1.71 bits per heavy atom. The molecule has 0 saturated carbocycles. The van der Waals surface area contributed by atoms with E-state index in [4.69, 9.17) is 14.2 Å². The van der Waals surface area contributed by atoms with Gasteiger partial charge in [-0.1, -0.05) is 6.92 Å². The van der Waals surface area contributed by atoms with Gasteiger partial charge in [0.15, 0.2) is 6.29 Å². The second kappa shape index (κ2) is 5.66. The van der Waals surface area contributed by atoms with Crippen molar-refractivity contribution in [2.45, 2.75) is 51.8 Å². The number of rotatable bonds is 7. The van der Waals surface area contributed by atoms with E-state index in [0.29, 0.717) is 19.6 Å². The average molecular weight is 204 g/mol. The Kier molecular flexibility index (Phi) is 4.81. The maximum atomic E-state index is 9.52. The van der Waals surface area contributed by atoms with Crippen LogP contribution >= 0.6 is 0 Å². The smallest absolute Gasteiger partial charge is 0.186 e.